The molecule has 4 heterocycles. The first-order chi connectivity index (χ1) is 18.1. The van der Waals surface area contributed by atoms with Gasteiger partial charge in [-0.2, -0.15) is 5.10 Å². The maximum absolute atomic E-state index is 13.0. The van der Waals surface area contributed by atoms with E-state index < -0.39 is 0 Å². The fourth-order valence-electron chi connectivity index (χ4n) is 5.90. The number of benzene rings is 1. The van der Waals surface area contributed by atoms with Crippen molar-refractivity contribution in [2.45, 2.75) is 58.5 Å². The molecule has 0 saturated carbocycles. The Bertz CT molecular complexity index is 1150. The van der Waals surface area contributed by atoms with E-state index >= 15 is 0 Å². The van der Waals surface area contributed by atoms with Crippen LogP contribution in [0.3, 0.4) is 0 Å². The van der Waals surface area contributed by atoms with E-state index in [-0.39, 0.29) is 11.3 Å². The van der Waals surface area contributed by atoms with E-state index in [4.69, 9.17) is 4.74 Å². The lowest BCUT2D eigenvalue weighted by Crippen LogP contribution is -2.49. The highest BCUT2D eigenvalue weighted by atomic mass is 16.5. The number of rotatable bonds is 4. The number of hydrogen-bond donors (Lipinski definition) is 0. The largest absolute Gasteiger partial charge is 0.492 e. The van der Waals surface area contributed by atoms with Crippen LogP contribution in [0.1, 0.15) is 48.8 Å². The lowest BCUT2D eigenvalue weighted by atomic mass is 9.73. The third-order valence-corrected chi connectivity index (χ3v) is 7.97. The van der Waals surface area contributed by atoms with Crippen molar-refractivity contribution in [1.82, 2.24) is 24.6 Å². The molecule has 1 spiro atoms. The van der Waals surface area contributed by atoms with Crippen LogP contribution >= 0.6 is 0 Å². The fourth-order valence-corrected chi connectivity index (χ4v) is 5.90. The molecule has 0 aliphatic carbocycles. The number of fused-ring (bicyclic) bond motifs is 1. The third-order valence-electron chi connectivity index (χ3n) is 7.97. The normalized spacial score (nSPS) is 18.9. The predicted molar refractivity (Wildman–Crippen MR) is 144 cm³/mol. The van der Waals surface area contributed by atoms with Gasteiger partial charge in [-0.3, -0.25) is 19.4 Å². The molecule has 1 saturated heterocycles. The van der Waals surface area contributed by atoms with Gasteiger partial charge in [-0.15, -0.1) is 0 Å². The van der Waals surface area contributed by atoms with Gasteiger partial charge in [-0.25, -0.2) is 0 Å². The number of carbonyl (C=O) groups excluding carboxylic acids is 1. The SMILES string of the molecule is Cc1cnn(CC(=O)N2CCC3(CCCCc4ccccc4OCCN(Cc4cccnc4)C3)CC2)c1. The highest BCUT2D eigenvalue weighted by Crippen LogP contribution is 2.38. The second-order valence-electron chi connectivity index (χ2n) is 10.8. The summed E-state index contributed by atoms with van der Waals surface area (Å²) in [7, 11) is 0. The molecule has 1 amide bonds. The van der Waals surface area contributed by atoms with Crippen molar-refractivity contribution in [2.75, 3.05) is 32.8 Å². The van der Waals surface area contributed by atoms with E-state index in [0.29, 0.717) is 13.2 Å². The molecule has 0 atom stereocenters. The molecular weight excluding hydrogens is 462 g/mol. The Kier molecular flexibility index (Phi) is 8.19. The van der Waals surface area contributed by atoms with Crippen LogP contribution in [0, 0.1) is 12.3 Å². The summed E-state index contributed by atoms with van der Waals surface area (Å²) in [5.74, 6) is 1.20. The van der Waals surface area contributed by atoms with Crippen LogP contribution in [0.25, 0.3) is 0 Å². The molecule has 5 rings (SSSR count). The minimum atomic E-state index is 0.170. The van der Waals surface area contributed by atoms with E-state index in [9.17, 15) is 4.79 Å². The number of aryl methyl sites for hydroxylation is 2. The number of carbonyl (C=O) groups is 1. The smallest absolute Gasteiger partial charge is 0.244 e. The number of piperidine rings is 1. The van der Waals surface area contributed by atoms with Crippen LogP contribution in [0.2, 0.25) is 0 Å². The van der Waals surface area contributed by atoms with Gasteiger partial charge in [0.1, 0.15) is 18.9 Å². The second kappa shape index (κ2) is 11.9. The van der Waals surface area contributed by atoms with Gasteiger partial charge >= 0.3 is 0 Å². The Morgan fingerprint density at radius 2 is 1.89 bits per heavy atom. The van der Waals surface area contributed by atoms with Gasteiger partial charge in [0.2, 0.25) is 5.91 Å². The van der Waals surface area contributed by atoms with E-state index in [1.165, 1.54) is 24.0 Å². The van der Waals surface area contributed by atoms with Crippen molar-refractivity contribution in [3.05, 3.63) is 77.9 Å². The summed E-state index contributed by atoms with van der Waals surface area (Å²) in [6, 6.07) is 12.7. The summed E-state index contributed by atoms with van der Waals surface area (Å²) in [4.78, 5) is 21.9. The standard InChI is InChI=1S/C30H39N5O2/c1-25-19-32-35(21-25)23-29(36)34-15-12-30(13-16-34)11-5-4-9-27-8-2-3-10-28(27)37-18-17-33(24-30)22-26-7-6-14-31-20-26/h2-3,6-8,10,14,19-21H,4-5,9,11-13,15-18,22-24H2,1H3. The molecule has 1 fully saturated rings. The summed E-state index contributed by atoms with van der Waals surface area (Å²) >= 11 is 0. The number of aromatic nitrogens is 3. The van der Waals surface area contributed by atoms with Crippen LogP contribution < -0.4 is 4.74 Å². The van der Waals surface area contributed by atoms with Gasteiger partial charge in [-0.05, 0) is 73.3 Å². The van der Waals surface area contributed by atoms with Crippen molar-refractivity contribution in [3.8, 4) is 5.75 Å². The average molecular weight is 502 g/mol. The molecule has 2 aliphatic heterocycles. The van der Waals surface area contributed by atoms with Crippen LogP contribution in [-0.2, 0) is 24.3 Å². The van der Waals surface area contributed by atoms with Crippen LogP contribution in [0.5, 0.6) is 5.75 Å². The molecule has 7 heteroatoms. The molecule has 0 N–H and O–H groups in total. The Balaban J connectivity index is 1.29. The maximum Gasteiger partial charge on any atom is 0.244 e. The maximum atomic E-state index is 13.0. The number of pyridine rings is 1. The fraction of sp³-hybridized carbons (Fsp3) is 0.500. The average Bonchev–Trinajstić information content (AvgIpc) is 3.32. The van der Waals surface area contributed by atoms with Gasteiger partial charge in [0.05, 0.1) is 6.20 Å². The molecule has 3 aromatic rings. The lowest BCUT2D eigenvalue weighted by Gasteiger charge is -2.45. The summed E-state index contributed by atoms with van der Waals surface area (Å²) < 4.78 is 8.05. The summed E-state index contributed by atoms with van der Waals surface area (Å²) in [6.45, 7) is 7.38. The second-order valence-corrected chi connectivity index (χ2v) is 10.8. The zero-order valence-electron chi connectivity index (χ0n) is 22.0. The molecule has 0 bridgehead atoms. The Hall–Kier alpha value is -3.19. The Morgan fingerprint density at radius 3 is 2.68 bits per heavy atom. The molecule has 2 aliphatic rings. The summed E-state index contributed by atoms with van der Waals surface area (Å²) in [5.41, 5.74) is 3.83. The first-order valence-corrected chi connectivity index (χ1v) is 13.7. The Morgan fingerprint density at radius 1 is 1.03 bits per heavy atom. The van der Waals surface area contributed by atoms with E-state index in [0.717, 1.165) is 69.7 Å². The Labute approximate surface area is 220 Å². The van der Waals surface area contributed by atoms with Crippen LogP contribution in [0.15, 0.2) is 61.2 Å². The van der Waals surface area contributed by atoms with Gasteiger partial charge in [0, 0.05) is 51.3 Å². The number of ether oxygens (including phenoxy) is 1. The number of hydrogen-bond acceptors (Lipinski definition) is 5. The van der Waals surface area contributed by atoms with Crippen molar-refractivity contribution < 1.29 is 9.53 Å². The highest BCUT2D eigenvalue weighted by molar-refractivity contribution is 5.76. The molecule has 37 heavy (non-hydrogen) atoms. The number of likely N-dealkylation sites (tertiary alicyclic amines) is 1. The van der Waals surface area contributed by atoms with Crippen molar-refractivity contribution in [3.63, 3.8) is 0 Å². The monoisotopic (exact) mass is 501 g/mol. The first-order valence-electron chi connectivity index (χ1n) is 13.7. The van der Waals surface area contributed by atoms with E-state index in [1.807, 2.05) is 42.7 Å². The van der Waals surface area contributed by atoms with E-state index in [2.05, 4.69) is 45.3 Å². The van der Waals surface area contributed by atoms with Crippen molar-refractivity contribution >= 4 is 5.91 Å². The number of amides is 1. The molecule has 0 unspecified atom stereocenters. The molecular formula is C30H39N5O2. The van der Waals surface area contributed by atoms with Crippen LogP contribution in [0.4, 0.5) is 0 Å². The molecule has 2 aromatic heterocycles. The molecule has 0 radical (unpaired) electrons. The van der Waals surface area contributed by atoms with E-state index in [1.54, 1.807) is 4.68 Å². The van der Waals surface area contributed by atoms with Crippen molar-refractivity contribution in [1.29, 1.82) is 0 Å². The summed E-state index contributed by atoms with van der Waals surface area (Å²) in [6.07, 6.45) is 14.2. The van der Waals surface area contributed by atoms with Crippen LogP contribution in [-0.4, -0.2) is 63.3 Å². The van der Waals surface area contributed by atoms with Gasteiger partial charge in [-0.1, -0.05) is 30.7 Å². The van der Waals surface area contributed by atoms with Crippen molar-refractivity contribution in [2.24, 2.45) is 5.41 Å². The number of nitrogens with zero attached hydrogens (tertiary/aromatic N) is 5. The molecule has 1 aromatic carbocycles. The van der Waals surface area contributed by atoms with Gasteiger partial charge < -0.3 is 9.64 Å². The first kappa shape index (κ1) is 25.5. The predicted octanol–water partition coefficient (Wildman–Crippen LogP) is 4.50. The number of para-hydroxylation sites is 1. The minimum Gasteiger partial charge on any atom is -0.492 e. The lowest BCUT2D eigenvalue weighted by molar-refractivity contribution is -0.134. The topological polar surface area (TPSA) is 63.5 Å². The zero-order chi connectivity index (χ0) is 25.5. The highest BCUT2D eigenvalue weighted by Gasteiger charge is 2.37. The third kappa shape index (κ3) is 6.77. The van der Waals surface area contributed by atoms with Gasteiger partial charge in [0.25, 0.3) is 0 Å². The van der Waals surface area contributed by atoms with Gasteiger partial charge in [0.15, 0.2) is 0 Å². The molecule has 7 nitrogen and oxygen atoms in total. The zero-order valence-corrected chi connectivity index (χ0v) is 22.0. The summed E-state index contributed by atoms with van der Waals surface area (Å²) in [5, 5.41) is 4.30. The molecule has 196 valence electrons. The minimum absolute atomic E-state index is 0.170. The quantitative estimate of drug-likeness (QED) is 0.527.